The van der Waals surface area contributed by atoms with Crippen molar-refractivity contribution >= 4 is 39.5 Å². The van der Waals surface area contributed by atoms with Crippen LogP contribution in [0.3, 0.4) is 0 Å². The van der Waals surface area contributed by atoms with E-state index in [4.69, 9.17) is 9.47 Å². The van der Waals surface area contributed by atoms with Crippen molar-refractivity contribution in [2.24, 2.45) is 0 Å². The van der Waals surface area contributed by atoms with Gasteiger partial charge in [0.05, 0.1) is 16.8 Å². The Balaban J connectivity index is 1.46. The first-order valence-electron chi connectivity index (χ1n) is 9.21. The van der Waals surface area contributed by atoms with Gasteiger partial charge in [0.1, 0.15) is 10.8 Å². The number of likely N-dealkylation sites (N-methyl/N-ethyl adjacent to an activating group) is 1. The molecule has 0 spiro atoms. The van der Waals surface area contributed by atoms with E-state index in [0.29, 0.717) is 18.2 Å². The molecule has 0 radical (unpaired) electrons. The van der Waals surface area contributed by atoms with E-state index in [-0.39, 0.29) is 12.5 Å². The predicted octanol–water partition coefficient (Wildman–Crippen LogP) is 3.91. The molecule has 0 N–H and O–H groups in total. The maximum Gasteiger partial charge on any atom is 0.331 e. The van der Waals surface area contributed by atoms with Crippen LogP contribution in [0.1, 0.15) is 17.5 Å². The molecule has 3 rings (SSSR count). The summed E-state index contributed by atoms with van der Waals surface area (Å²) in [7, 11) is 1.67. The van der Waals surface area contributed by atoms with Crippen LogP contribution in [0.25, 0.3) is 16.3 Å². The molecule has 7 heteroatoms. The van der Waals surface area contributed by atoms with Gasteiger partial charge < -0.3 is 14.4 Å². The Morgan fingerprint density at radius 3 is 2.62 bits per heavy atom. The lowest BCUT2D eigenvalue weighted by Gasteiger charge is -2.17. The summed E-state index contributed by atoms with van der Waals surface area (Å²) in [6.07, 6.45) is 2.89. The van der Waals surface area contributed by atoms with Crippen molar-refractivity contribution in [2.75, 3.05) is 20.3 Å². The number of rotatable bonds is 8. The fraction of sp³-hybridized carbons (Fsp3) is 0.227. The number of hydrogen-bond donors (Lipinski definition) is 0. The van der Waals surface area contributed by atoms with Gasteiger partial charge in [-0.25, -0.2) is 9.78 Å². The Bertz CT molecular complexity index is 978. The number of carbonyl (C=O) groups is 2. The number of ether oxygens (including phenoxy) is 2. The minimum Gasteiger partial charge on any atom is -0.494 e. The summed E-state index contributed by atoms with van der Waals surface area (Å²) in [5.41, 5.74) is 1.85. The highest BCUT2D eigenvalue weighted by atomic mass is 32.1. The SMILES string of the molecule is CCOc1ccc(CN(C)C(=O)COC(=O)/C=C/c2nc3ccccc3s2)cc1. The van der Waals surface area contributed by atoms with E-state index in [2.05, 4.69) is 4.98 Å². The predicted molar refractivity (Wildman–Crippen MR) is 114 cm³/mol. The van der Waals surface area contributed by atoms with Crippen molar-refractivity contribution in [1.82, 2.24) is 9.88 Å². The zero-order valence-corrected chi connectivity index (χ0v) is 17.1. The lowest BCUT2D eigenvalue weighted by molar-refractivity contribution is -0.147. The molecule has 0 aliphatic carbocycles. The van der Waals surface area contributed by atoms with Crippen LogP contribution in [-0.4, -0.2) is 42.0 Å². The zero-order chi connectivity index (χ0) is 20.6. The lowest BCUT2D eigenvalue weighted by Crippen LogP contribution is -2.30. The van der Waals surface area contributed by atoms with Gasteiger partial charge in [0.15, 0.2) is 6.61 Å². The summed E-state index contributed by atoms with van der Waals surface area (Å²) in [5.74, 6) is -0.0632. The van der Waals surface area contributed by atoms with Crippen LogP contribution in [0.15, 0.2) is 54.6 Å². The van der Waals surface area contributed by atoms with Gasteiger partial charge in [-0.2, -0.15) is 0 Å². The quantitative estimate of drug-likeness (QED) is 0.416. The molecule has 6 nitrogen and oxygen atoms in total. The van der Waals surface area contributed by atoms with Gasteiger partial charge in [0, 0.05) is 19.7 Å². The number of fused-ring (bicyclic) bond motifs is 1. The van der Waals surface area contributed by atoms with Crippen molar-refractivity contribution in [1.29, 1.82) is 0 Å². The minimum atomic E-state index is -0.577. The highest BCUT2D eigenvalue weighted by Gasteiger charge is 2.12. The van der Waals surface area contributed by atoms with Gasteiger partial charge in [-0.1, -0.05) is 24.3 Å². The second-order valence-corrected chi connectivity index (χ2v) is 7.35. The Labute approximate surface area is 173 Å². The molecule has 1 amide bonds. The monoisotopic (exact) mass is 410 g/mol. The van der Waals surface area contributed by atoms with Crippen molar-refractivity contribution in [2.45, 2.75) is 13.5 Å². The van der Waals surface area contributed by atoms with Crippen molar-refractivity contribution in [3.63, 3.8) is 0 Å². The van der Waals surface area contributed by atoms with E-state index in [1.807, 2.05) is 55.5 Å². The molecule has 3 aromatic rings. The van der Waals surface area contributed by atoms with Gasteiger partial charge in [0.2, 0.25) is 0 Å². The molecule has 0 saturated heterocycles. The molecule has 1 heterocycles. The second kappa shape index (κ2) is 9.84. The zero-order valence-electron chi connectivity index (χ0n) is 16.3. The van der Waals surface area contributed by atoms with E-state index < -0.39 is 5.97 Å². The molecule has 29 heavy (non-hydrogen) atoms. The number of benzene rings is 2. The van der Waals surface area contributed by atoms with E-state index in [9.17, 15) is 9.59 Å². The number of hydrogen-bond acceptors (Lipinski definition) is 6. The summed E-state index contributed by atoms with van der Waals surface area (Å²) in [4.78, 5) is 30.0. The third-order valence-corrected chi connectivity index (χ3v) is 5.09. The van der Waals surface area contributed by atoms with E-state index in [1.165, 1.54) is 22.3 Å². The number of aromatic nitrogens is 1. The molecular formula is C22H22N2O4S. The molecule has 0 fully saturated rings. The molecule has 0 unspecified atom stereocenters. The van der Waals surface area contributed by atoms with Gasteiger partial charge in [-0.3, -0.25) is 4.79 Å². The van der Waals surface area contributed by atoms with Crippen molar-refractivity contribution in [3.05, 3.63) is 65.2 Å². The molecule has 0 aliphatic heterocycles. The third-order valence-electron chi connectivity index (χ3n) is 4.09. The molecule has 0 aliphatic rings. The number of amides is 1. The smallest absolute Gasteiger partial charge is 0.331 e. The second-order valence-electron chi connectivity index (χ2n) is 6.29. The average Bonchev–Trinajstić information content (AvgIpc) is 3.15. The maximum absolute atomic E-state index is 12.2. The minimum absolute atomic E-state index is 0.277. The Hall–Kier alpha value is -3.19. The first-order chi connectivity index (χ1) is 14.0. The molecular weight excluding hydrogens is 388 g/mol. The Kier molecular flexibility index (Phi) is 6.97. The van der Waals surface area contributed by atoms with Crippen LogP contribution in [0.5, 0.6) is 5.75 Å². The summed E-state index contributed by atoms with van der Waals surface area (Å²) < 4.78 is 11.5. The van der Waals surface area contributed by atoms with Crippen LogP contribution >= 0.6 is 11.3 Å². The van der Waals surface area contributed by atoms with Crippen LogP contribution in [0, 0.1) is 0 Å². The Morgan fingerprint density at radius 1 is 1.14 bits per heavy atom. The van der Waals surface area contributed by atoms with E-state index in [1.54, 1.807) is 13.1 Å². The number of carbonyl (C=O) groups excluding carboxylic acids is 2. The highest BCUT2D eigenvalue weighted by molar-refractivity contribution is 7.19. The maximum atomic E-state index is 12.2. The average molecular weight is 410 g/mol. The Morgan fingerprint density at radius 2 is 1.90 bits per heavy atom. The molecule has 1 aromatic heterocycles. The summed E-state index contributed by atoms with van der Waals surface area (Å²) in [5, 5.41) is 0.710. The van der Waals surface area contributed by atoms with Crippen LogP contribution in [0.2, 0.25) is 0 Å². The first kappa shape index (κ1) is 20.5. The number of esters is 1. The molecule has 0 atom stereocenters. The van der Waals surface area contributed by atoms with Gasteiger partial charge >= 0.3 is 5.97 Å². The number of para-hydroxylation sites is 1. The first-order valence-corrected chi connectivity index (χ1v) is 10.0. The summed E-state index contributed by atoms with van der Waals surface area (Å²) in [6.45, 7) is 2.65. The largest absolute Gasteiger partial charge is 0.494 e. The van der Waals surface area contributed by atoms with Gasteiger partial charge in [-0.15, -0.1) is 11.3 Å². The highest BCUT2D eigenvalue weighted by Crippen LogP contribution is 2.22. The fourth-order valence-electron chi connectivity index (χ4n) is 2.61. The summed E-state index contributed by atoms with van der Waals surface area (Å²) >= 11 is 1.48. The van der Waals surface area contributed by atoms with Crippen molar-refractivity contribution < 1.29 is 19.1 Å². The molecule has 150 valence electrons. The normalized spacial score (nSPS) is 11.0. The fourth-order valence-corrected chi connectivity index (χ4v) is 3.48. The standard InChI is InChI=1S/C22H22N2O4S/c1-3-27-17-10-8-16(9-11-17)14-24(2)21(25)15-28-22(26)13-12-20-23-18-6-4-5-7-19(18)29-20/h4-13H,3,14-15H2,1-2H3/b13-12+. The van der Waals surface area contributed by atoms with Crippen LogP contribution in [0.4, 0.5) is 0 Å². The molecule has 0 bridgehead atoms. The van der Waals surface area contributed by atoms with Gasteiger partial charge in [0.25, 0.3) is 5.91 Å². The lowest BCUT2D eigenvalue weighted by atomic mass is 10.2. The van der Waals surface area contributed by atoms with E-state index >= 15 is 0 Å². The van der Waals surface area contributed by atoms with Crippen molar-refractivity contribution in [3.8, 4) is 5.75 Å². The van der Waals surface area contributed by atoms with Crippen LogP contribution in [-0.2, 0) is 20.9 Å². The topological polar surface area (TPSA) is 68.7 Å². The van der Waals surface area contributed by atoms with E-state index in [0.717, 1.165) is 21.5 Å². The molecule has 2 aromatic carbocycles. The number of nitrogens with zero attached hydrogens (tertiary/aromatic N) is 2. The summed E-state index contributed by atoms with van der Waals surface area (Å²) in [6, 6.07) is 15.3. The molecule has 0 saturated carbocycles. The van der Waals surface area contributed by atoms with Crippen LogP contribution < -0.4 is 4.74 Å². The number of thiazole rings is 1. The van der Waals surface area contributed by atoms with Gasteiger partial charge in [-0.05, 0) is 42.8 Å². The third kappa shape index (κ3) is 5.89.